The van der Waals surface area contributed by atoms with Crippen LogP contribution in [0.1, 0.15) is 32.1 Å². The average molecular weight is 264 g/mol. The summed E-state index contributed by atoms with van der Waals surface area (Å²) in [7, 11) is 0. The molecule has 4 saturated carbocycles. The number of anilines is 2. The number of nitrogens with zero attached hydrogens (tertiary/aromatic N) is 2. The van der Waals surface area contributed by atoms with Gasteiger partial charge in [0.1, 0.15) is 0 Å². The largest absolute Gasteiger partial charge is 0.374 e. The van der Waals surface area contributed by atoms with E-state index in [0.717, 1.165) is 41.3 Å². The maximum absolute atomic E-state index is 5.61. The van der Waals surface area contributed by atoms with E-state index >= 15 is 0 Å². The molecule has 4 aliphatic carbocycles. The van der Waals surface area contributed by atoms with Crippen molar-refractivity contribution in [2.75, 3.05) is 17.6 Å². The normalized spacial score (nSPS) is 41.2. The van der Waals surface area contributed by atoms with Crippen LogP contribution in [0.3, 0.4) is 0 Å². The molecule has 4 nitrogen and oxygen atoms in total. The first-order chi connectivity index (χ1) is 8.78. The van der Waals surface area contributed by atoms with Crippen molar-refractivity contribution in [2.45, 2.75) is 32.1 Å². The predicted octanol–water partition coefficient (Wildman–Crippen LogP) is 2.60. The van der Waals surface area contributed by atoms with E-state index in [1.54, 1.807) is 0 Å². The van der Waals surface area contributed by atoms with Gasteiger partial charge in [-0.1, -0.05) is 11.3 Å². The highest BCUT2D eigenvalue weighted by atomic mass is 32.1. The molecule has 4 bridgehead atoms. The number of hydrogen-bond donors (Lipinski definition) is 2. The first kappa shape index (κ1) is 11.0. The Kier molecular flexibility index (Phi) is 2.50. The molecule has 98 valence electrons. The summed E-state index contributed by atoms with van der Waals surface area (Å²) >= 11 is 1.46. The lowest BCUT2D eigenvalue weighted by Gasteiger charge is -2.54. The second kappa shape index (κ2) is 4.08. The fourth-order valence-corrected chi connectivity index (χ4v) is 5.40. The molecule has 3 N–H and O–H groups in total. The van der Waals surface area contributed by atoms with Crippen LogP contribution in [-0.4, -0.2) is 16.7 Å². The van der Waals surface area contributed by atoms with Crippen molar-refractivity contribution in [1.82, 2.24) is 10.2 Å². The van der Waals surface area contributed by atoms with Crippen LogP contribution in [0.5, 0.6) is 0 Å². The van der Waals surface area contributed by atoms with E-state index in [0.29, 0.717) is 5.13 Å². The molecular formula is C13H20N4S. The zero-order chi connectivity index (χ0) is 12.1. The van der Waals surface area contributed by atoms with E-state index in [1.807, 2.05) is 0 Å². The van der Waals surface area contributed by atoms with Crippen molar-refractivity contribution in [2.24, 2.45) is 29.6 Å². The summed E-state index contributed by atoms with van der Waals surface area (Å²) in [6, 6.07) is 0. The highest BCUT2D eigenvalue weighted by Crippen LogP contribution is 2.56. The second-order valence-electron chi connectivity index (χ2n) is 6.42. The van der Waals surface area contributed by atoms with Crippen LogP contribution in [0.4, 0.5) is 10.3 Å². The Morgan fingerprint density at radius 3 is 2.28 bits per heavy atom. The fourth-order valence-electron chi connectivity index (χ4n) is 4.88. The number of nitrogens with one attached hydrogen (secondary N) is 1. The molecule has 5 heteroatoms. The topological polar surface area (TPSA) is 63.8 Å². The van der Waals surface area contributed by atoms with Gasteiger partial charge in [-0.15, -0.1) is 10.2 Å². The molecule has 0 unspecified atom stereocenters. The monoisotopic (exact) mass is 264 g/mol. The maximum atomic E-state index is 5.61. The van der Waals surface area contributed by atoms with Gasteiger partial charge in [0.25, 0.3) is 0 Å². The van der Waals surface area contributed by atoms with E-state index in [1.165, 1.54) is 43.4 Å². The third-order valence-electron chi connectivity index (χ3n) is 5.35. The highest BCUT2D eigenvalue weighted by molar-refractivity contribution is 7.18. The van der Waals surface area contributed by atoms with Crippen LogP contribution in [0.25, 0.3) is 0 Å². The van der Waals surface area contributed by atoms with Crippen LogP contribution in [0.15, 0.2) is 0 Å². The summed E-state index contributed by atoms with van der Waals surface area (Å²) in [6.07, 6.45) is 7.46. The zero-order valence-corrected chi connectivity index (χ0v) is 11.3. The van der Waals surface area contributed by atoms with Gasteiger partial charge in [0.15, 0.2) is 0 Å². The minimum Gasteiger partial charge on any atom is -0.374 e. The molecule has 0 aromatic carbocycles. The minimum atomic E-state index is 0.558. The SMILES string of the molecule is Nc1nnc(NCC2C3CC4CC(C3)CC2C4)s1. The van der Waals surface area contributed by atoms with Gasteiger partial charge in [-0.25, -0.2) is 0 Å². The third-order valence-corrected chi connectivity index (χ3v) is 6.06. The smallest absolute Gasteiger partial charge is 0.207 e. The van der Waals surface area contributed by atoms with Crippen molar-refractivity contribution in [3.8, 4) is 0 Å². The Labute approximate surface area is 111 Å². The van der Waals surface area contributed by atoms with E-state index in [9.17, 15) is 0 Å². The van der Waals surface area contributed by atoms with Crippen molar-refractivity contribution < 1.29 is 0 Å². The number of nitrogen functional groups attached to an aromatic ring is 1. The van der Waals surface area contributed by atoms with E-state index < -0.39 is 0 Å². The summed E-state index contributed by atoms with van der Waals surface area (Å²) in [4.78, 5) is 0. The first-order valence-corrected chi connectivity index (χ1v) is 7.92. The lowest BCUT2D eigenvalue weighted by atomic mass is 9.52. The number of rotatable bonds is 3. The van der Waals surface area contributed by atoms with Gasteiger partial charge in [-0.2, -0.15) is 0 Å². The number of hydrogen-bond acceptors (Lipinski definition) is 5. The molecule has 0 amide bonds. The molecular weight excluding hydrogens is 244 g/mol. The quantitative estimate of drug-likeness (QED) is 0.881. The van der Waals surface area contributed by atoms with Crippen LogP contribution in [0.2, 0.25) is 0 Å². The molecule has 1 aromatic heterocycles. The number of nitrogens with two attached hydrogens (primary N) is 1. The lowest BCUT2D eigenvalue weighted by molar-refractivity contribution is -0.0305. The highest BCUT2D eigenvalue weighted by Gasteiger charge is 2.47. The summed E-state index contributed by atoms with van der Waals surface area (Å²) in [6.45, 7) is 1.07. The molecule has 4 fully saturated rings. The zero-order valence-electron chi connectivity index (χ0n) is 10.5. The summed E-state index contributed by atoms with van der Waals surface area (Å²) in [5, 5.41) is 12.8. The minimum absolute atomic E-state index is 0.558. The molecule has 4 aliphatic rings. The third kappa shape index (κ3) is 1.79. The van der Waals surface area contributed by atoms with Crippen LogP contribution in [-0.2, 0) is 0 Å². The van der Waals surface area contributed by atoms with Crippen LogP contribution in [0, 0.1) is 29.6 Å². The Balaban J connectivity index is 1.43. The van der Waals surface area contributed by atoms with E-state index in [-0.39, 0.29) is 0 Å². The van der Waals surface area contributed by atoms with Gasteiger partial charge < -0.3 is 11.1 Å². The maximum Gasteiger partial charge on any atom is 0.207 e. The molecule has 1 heterocycles. The van der Waals surface area contributed by atoms with Gasteiger partial charge >= 0.3 is 0 Å². The van der Waals surface area contributed by atoms with E-state index in [2.05, 4.69) is 15.5 Å². The van der Waals surface area contributed by atoms with Crippen molar-refractivity contribution >= 4 is 21.6 Å². The predicted molar refractivity (Wildman–Crippen MR) is 73.3 cm³/mol. The standard InChI is InChI=1S/C13H20N4S/c14-12-16-17-13(18-12)15-6-11-9-2-7-1-8(4-9)5-10(11)3-7/h7-11H,1-6H2,(H2,14,16)(H,15,17). The fraction of sp³-hybridized carbons (Fsp3) is 0.846. The molecule has 0 aliphatic heterocycles. The lowest BCUT2D eigenvalue weighted by Crippen LogP contribution is -2.47. The second-order valence-corrected chi connectivity index (χ2v) is 7.43. The molecule has 0 saturated heterocycles. The Morgan fingerprint density at radius 1 is 1.06 bits per heavy atom. The molecule has 0 spiro atoms. The molecule has 1 aromatic rings. The Morgan fingerprint density at radius 2 is 1.72 bits per heavy atom. The van der Waals surface area contributed by atoms with Crippen LogP contribution < -0.4 is 11.1 Å². The summed E-state index contributed by atoms with van der Waals surface area (Å²) in [5.74, 6) is 4.92. The molecule has 18 heavy (non-hydrogen) atoms. The van der Waals surface area contributed by atoms with Crippen molar-refractivity contribution in [3.63, 3.8) is 0 Å². The molecule has 0 atom stereocenters. The number of aromatic nitrogens is 2. The van der Waals surface area contributed by atoms with Gasteiger partial charge in [-0.05, 0) is 61.7 Å². The molecule has 0 radical (unpaired) electrons. The van der Waals surface area contributed by atoms with Crippen molar-refractivity contribution in [1.29, 1.82) is 0 Å². The Bertz CT molecular complexity index is 416. The first-order valence-electron chi connectivity index (χ1n) is 7.11. The molecule has 5 rings (SSSR count). The van der Waals surface area contributed by atoms with Gasteiger partial charge in [0.05, 0.1) is 0 Å². The van der Waals surface area contributed by atoms with Gasteiger partial charge in [0.2, 0.25) is 10.3 Å². The summed E-state index contributed by atoms with van der Waals surface area (Å²) in [5.41, 5.74) is 5.61. The summed E-state index contributed by atoms with van der Waals surface area (Å²) < 4.78 is 0. The average Bonchev–Trinajstić information content (AvgIpc) is 2.73. The van der Waals surface area contributed by atoms with Crippen LogP contribution >= 0.6 is 11.3 Å². The van der Waals surface area contributed by atoms with Crippen molar-refractivity contribution in [3.05, 3.63) is 0 Å². The van der Waals surface area contributed by atoms with Gasteiger partial charge in [-0.3, -0.25) is 0 Å². The van der Waals surface area contributed by atoms with Gasteiger partial charge in [0, 0.05) is 6.54 Å². The Hall–Kier alpha value is -0.840. The van der Waals surface area contributed by atoms with E-state index in [4.69, 9.17) is 5.73 Å².